The molecule has 0 fully saturated rings. The molecule has 0 saturated heterocycles. The van der Waals surface area contributed by atoms with Crippen molar-refractivity contribution in [1.29, 1.82) is 0 Å². The maximum absolute atomic E-state index is 12.5. The summed E-state index contributed by atoms with van der Waals surface area (Å²) in [5.74, 6) is 0.639. The maximum atomic E-state index is 12.5. The van der Waals surface area contributed by atoms with Crippen LogP contribution in [-0.2, 0) is 11.3 Å². The second-order valence-corrected chi connectivity index (χ2v) is 7.62. The number of rotatable bonds is 3. The van der Waals surface area contributed by atoms with Gasteiger partial charge in [-0.1, -0.05) is 13.8 Å². The minimum Gasteiger partial charge on any atom is -0.505 e. The Hall–Kier alpha value is -2.54. The summed E-state index contributed by atoms with van der Waals surface area (Å²) < 4.78 is 12.5. The molecule has 3 rings (SSSR count). The minimum absolute atomic E-state index is 0.0422. The standard InChI is InChI=1S/C18H20N2O4S.C2H6/c1-11-16(21)13-9-12(23-10-15-19-7-8-25-15)5-6-14(13)20(11)17(22)24-18(2,3)4;1-2/h5-9,21H,10H2,1-4H3;1-2H3. The molecular weight excluding hydrogens is 364 g/mol. The van der Waals surface area contributed by atoms with E-state index in [-0.39, 0.29) is 5.75 Å². The second-order valence-electron chi connectivity index (χ2n) is 6.64. The molecule has 0 unspecified atom stereocenters. The fourth-order valence-electron chi connectivity index (χ4n) is 2.48. The molecule has 3 aromatic rings. The quantitative estimate of drug-likeness (QED) is 0.639. The summed E-state index contributed by atoms with van der Waals surface area (Å²) in [4.78, 5) is 16.6. The van der Waals surface area contributed by atoms with E-state index in [1.165, 1.54) is 15.9 Å². The number of thiazole rings is 1. The summed E-state index contributed by atoms with van der Waals surface area (Å²) in [5.41, 5.74) is 0.388. The predicted octanol–water partition coefficient (Wildman–Crippen LogP) is 5.50. The molecule has 0 aliphatic rings. The molecule has 2 heterocycles. The van der Waals surface area contributed by atoms with Gasteiger partial charge in [0.1, 0.15) is 28.7 Å². The van der Waals surface area contributed by atoms with Crippen LogP contribution in [0.2, 0.25) is 0 Å². The van der Waals surface area contributed by atoms with E-state index in [0.717, 1.165) is 5.01 Å². The summed E-state index contributed by atoms with van der Waals surface area (Å²) in [6, 6.07) is 5.21. The molecule has 0 saturated carbocycles. The molecule has 0 spiro atoms. The molecule has 0 radical (unpaired) electrons. The van der Waals surface area contributed by atoms with Gasteiger partial charge in [0.25, 0.3) is 0 Å². The number of carbonyl (C=O) groups excluding carboxylic acids is 1. The number of carbonyl (C=O) groups is 1. The molecule has 0 amide bonds. The number of hydrogen-bond acceptors (Lipinski definition) is 6. The summed E-state index contributed by atoms with van der Waals surface area (Å²) in [5, 5.41) is 13.7. The zero-order chi connectivity index (χ0) is 20.2. The number of aromatic nitrogens is 2. The number of nitrogens with zero attached hydrogens (tertiary/aromatic N) is 2. The monoisotopic (exact) mass is 390 g/mol. The van der Waals surface area contributed by atoms with Crippen molar-refractivity contribution in [1.82, 2.24) is 9.55 Å². The van der Waals surface area contributed by atoms with E-state index in [0.29, 0.717) is 29.0 Å². The van der Waals surface area contributed by atoms with Gasteiger partial charge >= 0.3 is 6.09 Å². The molecule has 27 heavy (non-hydrogen) atoms. The van der Waals surface area contributed by atoms with Gasteiger partial charge in [-0.15, -0.1) is 11.3 Å². The van der Waals surface area contributed by atoms with E-state index >= 15 is 0 Å². The molecule has 0 bridgehead atoms. The van der Waals surface area contributed by atoms with Crippen LogP contribution >= 0.6 is 11.3 Å². The molecule has 2 aromatic heterocycles. The van der Waals surface area contributed by atoms with Crippen LogP contribution in [-0.4, -0.2) is 26.4 Å². The first-order valence-electron chi connectivity index (χ1n) is 8.85. The Labute approximate surface area is 163 Å². The first kappa shape index (κ1) is 20.8. The van der Waals surface area contributed by atoms with Gasteiger partial charge in [0, 0.05) is 17.0 Å². The van der Waals surface area contributed by atoms with Crippen molar-refractivity contribution in [3.8, 4) is 11.5 Å². The fraction of sp³-hybridized carbons (Fsp3) is 0.400. The highest BCUT2D eigenvalue weighted by Gasteiger charge is 2.24. The van der Waals surface area contributed by atoms with E-state index < -0.39 is 11.7 Å². The summed E-state index contributed by atoms with van der Waals surface area (Å²) >= 11 is 1.51. The lowest BCUT2D eigenvalue weighted by Gasteiger charge is -2.20. The number of ether oxygens (including phenoxy) is 2. The zero-order valence-electron chi connectivity index (χ0n) is 16.6. The highest BCUT2D eigenvalue weighted by Crippen LogP contribution is 2.35. The van der Waals surface area contributed by atoms with Gasteiger partial charge in [0.15, 0.2) is 0 Å². The molecule has 0 atom stereocenters. The van der Waals surface area contributed by atoms with Crippen LogP contribution in [0.4, 0.5) is 4.79 Å². The van der Waals surface area contributed by atoms with Crippen molar-refractivity contribution in [3.63, 3.8) is 0 Å². The van der Waals surface area contributed by atoms with E-state index in [9.17, 15) is 9.90 Å². The lowest BCUT2D eigenvalue weighted by molar-refractivity contribution is 0.0540. The van der Waals surface area contributed by atoms with E-state index in [1.54, 1.807) is 52.1 Å². The van der Waals surface area contributed by atoms with Crippen molar-refractivity contribution in [2.75, 3.05) is 0 Å². The molecule has 6 nitrogen and oxygen atoms in total. The summed E-state index contributed by atoms with van der Waals surface area (Å²) in [6.45, 7) is 11.4. The normalized spacial score (nSPS) is 11.0. The van der Waals surface area contributed by atoms with Gasteiger partial charge in [-0.25, -0.2) is 14.3 Å². The third-order valence-electron chi connectivity index (χ3n) is 3.56. The Morgan fingerprint density at radius 1 is 1.30 bits per heavy atom. The molecular formula is C20H26N2O4S. The number of aromatic hydroxyl groups is 1. The topological polar surface area (TPSA) is 73.6 Å². The van der Waals surface area contributed by atoms with Crippen LogP contribution < -0.4 is 4.74 Å². The second kappa shape index (κ2) is 8.43. The van der Waals surface area contributed by atoms with Gasteiger partial charge < -0.3 is 14.6 Å². The smallest absolute Gasteiger partial charge is 0.419 e. The molecule has 146 valence electrons. The fourth-order valence-corrected chi connectivity index (χ4v) is 3.01. The number of benzene rings is 1. The molecule has 7 heteroatoms. The molecule has 0 aliphatic heterocycles. The van der Waals surface area contributed by atoms with Crippen molar-refractivity contribution in [3.05, 3.63) is 40.5 Å². The number of hydrogen-bond donors (Lipinski definition) is 1. The van der Waals surface area contributed by atoms with Crippen LogP contribution in [0.1, 0.15) is 45.3 Å². The predicted molar refractivity (Wildman–Crippen MR) is 108 cm³/mol. The lowest BCUT2D eigenvalue weighted by atomic mass is 10.2. The van der Waals surface area contributed by atoms with Crippen LogP contribution in [0.15, 0.2) is 29.8 Å². The Morgan fingerprint density at radius 3 is 2.59 bits per heavy atom. The maximum Gasteiger partial charge on any atom is 0.419 e. The first-order valence-corrected chi connectivity index (χ1v) is 9.73. The summed E-state index contributed by atoms with van der Waals surface area (Å²) in [7, 11) is 0. The highest BCUT2D eigenvalue weighted by molar-refractivity contribution is 7.09. The van der Waals surface area contributed by atoms with Crippen LogP contribution in [0.5, 0.6) is 11.5 Å². The van der Waals surface area contributed by atoms with Gasteiger partial charge in [-0.2, -0.15) is 0 Å². The van der Waals surface area contributed by atoms with E-state index in [2.05, 4.69) is 4.98 Å². The van der Waals surface area contributed by atoms with E-state index in [1.807, 2.05) is 19.2 Å². The Morgan fingerprint density at radius 2 is 2.00 bits per heavy atom. The van der Waals surface area contributed by atoms with Crippen LogP contribution in [0, 0.1) is 6.92 Å². The van der Waals surface area contributed by atoms with Crippen molar-refractivity contribution < 1.29 is 19.4 Å². The summed E-state index contributed by atoms with van der Waals surface area (Å²) in [6.07, 6.45) is 1.20. The third kappa shape index (κ3) is 4.80. The van der Waals surface area contributed by atoms with E-state index in [4.69, 9.17) is 9.47 Å². The van der Waals surface area contributed by atoms with Crippen LogP contribution in [0.3, 0.4) is 0 Å². The average Bonchev–Trinajstić information content (AvgIpc) is 3.21. The van der Waals surface area contributed by atoms with Gasteiger partial charge in [-0.3, -0.25) is 0 Å². The SMILES string of the molecule is CC.Cc1c(O)c2cc(OCc3nccs3)ccc2n1C(=O)OC(C)(C)C. The van der Waals surface area contributed by atoms with Gasteiger partial charge in [0.2, 0.25) is 0 Å². The largest absolute Gasteiger partial charge is 0.505 e. The third-order valence-corrected chi connectivity index (χ3v) is 4.32. The van der Waals surface area contributed by atoms with Gasteiger partial charge in [0.05, 0.1) is 11.2 Å². The number of fused-ring (bicyclic) bond motifs is 1. The molecule has 1 aromatic carbocycles. The van der Waals surface area contributed by atoms with Crippen LogP contribution in [0.25, 0.3) is 10.9 Å². The Kier molecular flexibility index (Phi) is 6.49. The highest BCUT2D eigenvalue weighted by atomic mass is 32.1. The van der Waals surface area contributed by atoms with Crippen molar-refractivity contribution in [2.24, 2.45) is 0 Å². The van der Waals surface area contributed by atoms with Gasteiger partial charge in [-0.05, 0) is 45.9 Å². The minimum atomic E-state index is -0.619. The molecule has 1 N–H and O–H groups in total. The molecule has 0 aliphatic carbocycles. The lowest BCUT2D eigenvalue weighted by Crippen LogP contribution is -2.27. The van der Waals surface area contributed by atoms with Crippen molar-refractivity contribution in [2.45, 2.75) is 53.8 Å². The zero-order valence-corrected chi connectivity index (χ0v) is 17.4. The first-order chi connectivity index (χ1) is 12.8. The Bertz CT molecular complexity index is 908. The average molecular weight is 391 g/mol. The Balaban J connectivity index is 0.00000126. The van der Waals surface area contributed by atoms with Crippen molar-refractivity contribution >= 4 is 28.3 Å².